The molecule has 4 nitrogen and oxygen atoms in total. The second-order valence-corrected chi connectivity index (χ2v) is 5.44. The summed E-state index contributed by atoms with van der Waals surface area (Å²) in [6.45, 7) is 2.11. The number of hydrogen-bond acceptors (Lipinski definition) is 3. The molecule has 1 amide bonds. The van der Waals surface area contributed by atoms with Crippen molar-refractivity contribution in [3.63, 3.8) is 0 Å². The molecule has 0 radical (unpaired) electrons. The molecule has 4 heteroatoms. The van der Waals surface area contributed by atoms with Gasteiger partial charge in [-0.15, -0.1) is 0 Å². The van der Waals surface area contributed by atoms with Crippen molar-refractivity contribution in [2.45, 2.75) is 19.3 Å². The summed E-state index contributed by atoms with van der Waals surface area (Å²) in [5, 5.41) is 19.0. The highest BCUT2D eigenvalue weighted by Crippen LogP contribution is 2.36. The summed E-state index contributed by atoms with van der Waals surface area (Å²) in [6.07, 6.45) is 0.810. The van der Waals surface area contributed by atoms with Crippen LogP contribution < -0.4 is 4.90 Å². The maximum Gasteiger partial charge on any atom is 0.223 e. The minimum atomic E-state index is -0.0367. The lowest BCUT2D eigenvalue weighted by Crippen LogP contribution is -2.37. The van der Waals surface area contributed by atoms with Crippen LogP contribution >= 0.6 is 0 Å². The quantitative estimate of drug-likeness (QED) is 0.846. The normalized spacial score (nSPS) is 17.4. The second-order valence-electron chi connectivity index (χ2n) is 5.44. The minimum absolute atomic E-state index is 0.0367. The third kappa shape index (κ3) is 2.57. The third-order valence-electron chi connectivity index (χ3n) is 3.97. The van der Waals surface area contributed by atoms with E-state index in [1.165, 1.54) is 6.92 Å². The molecule has 1 heterocycles. The molecule has 0 bridgehead atoms. The van der Waals surface area contributed by atoms with Crippen molar-refractivity contribution in [2.75, 3.05) is 11.4 Å². The Hall–Kier alpha value is -2.49. The smallest absolute Gasteiger partial charge is 0.223 e. The van der Waals surface area contributed by atoms with E-state index in [9.17, 15) is 15.0 Å². The zero-order chi connectivity index (χ0) is 15.0. The van der Waals surface area contributed by atoms with E-state index < -0.39 is 0 Å². The number of aromatic hydroxyl groups is 2. The lowest BCUT2D eigenvalue weighted by atomic mass is 9.87. The van der Waals surface area contributed by atoms with Crippen LogP contribution in [0.4, 0.5) is 5.69 Å². The number of rotatable bonds is 1. The summed E-state index contributed by atoms with van der Waals surface area (Å²) in [7, 11) is 0. The van der Waals surface area contributed by atoms with Gasteiger partial charge in [-0.05, 0) is 35.7 Å². The van der Waals surface area contributed by atoms with E-state index in [4.69, 9.17) is 0 Å². The topological polar surface area (TPSA) is 60.8 Å². The number of amides is 1. The summed E-state index contributed by atoms with van der Waals surface area (Å²) >= 11 is 0. The van der Waals surface area contributed by atoms with Gasteiger partial charge in [-0.3, -0.25) is 4.79 Å². The first-order valence-electron chi connectivity index (χ1n) is 6.93. The van der Waals surface area contributed by atoms with Crippen molar-refractivity contribution in [2.24, 2.45) is 0 Å². The molecule has 3 rings (SSSR count). The summed E-state index contributed by atoms with van der Waals surface area (Å²) in [5.74, 6) is 0.559. The van der Waals surface area contributed by atoms with Crippen molar-refractivity contribution in [3.8, 4) is 11.5 Å². The number of carbonyl (C=O) groups excluding carboxylic acids is 1. The molecule has 1 unspecified atom stereocenters. The van der Waals surface area contributed by atoms with Gasteiger partial charge in [-0.2, -0.15) is 0 Å². The zero-order valence-corrected chi connectivity index (χ0v) is 11.8. The molecular formula is C17H17NO3. The highest BCUT2D eigenvalue weighted by Gasteiger charge is 2.28. The number of phenols is 2. The largest absolute Gasteiger partial charge is 0.508 e. The van der Waals surface area contributed by atoms with Gasteiger partial charge in [0.25, 0.3) is 0 Å². The average Bonchev–Trinajstić information content (AvgIpc) is 2.46. The van der Waals surface area contributed by atoms with Crippen LogP contribution in [0.3, 0.4) is 0 Å². The van der Waals surface area contributed by atoms with Gasteiger partial charge in [0.2, 0.25) is 5.91 Å². The highest BCUT2D eigenvalue weighted by molar-refractivity contribution is 5.93. The number of phenolic OH excluding ortho intramolecular Hbond substituents is 2. The Kier molecular flexibility index (Phi) is 3.29. The molecule has 0 aliphatic carbocycles. The predicted molar refractivity (Wildman–Crippen MR) is 80.7 cm³/mol. The minimum Gasteiger partial charge on any atom is -0.508 e. The van der Waals surface area contributed by atoms with Gasteiger partial charge in [0.1, 0.15) is 11.5 Å². The third-order valence-corrected chi connectivity index (χ3v) is 3.97. The van der Waals surface area contributed by atoms with Crippen molar-refractivity contribution < 1.29 is 15.0 Å². The molecule has 2 aromatic rings. The maximum absolute atomic E-state index is 11.9. The van der Waals surface area contributed by atoms with Crippen LogP contribution in [-0.2, 0) is 11.2 Å². The van der Waals surface area contributed by atoms with Gasteiger partial charge in [-0.25, -0.2) is 0 Å². The first kappa shape index (κ1) is 13.5. The predicted octanol–water partition coefficient (Wildman–Crippen LogP) is 2.79. The first-order chi connectivity index (χ1) is 10.0. The molecule has 0 aromatic heterocycles. The summed E-state index contributed by atoms with van der Waals surface area (Å²) in [6, 6.07) is 12.3. The summed E-state index contributed by atoms with van der Waals surface area (Å²) < 4.78 is 0. The van der Waals surface area contributed by atoms with E-state index >= 15 is 0 Å². The molecule has 2 N–H and O–H groups in total. The molecule has 0 fully saturated rings. The SMILES string of the molecule is CC(=O)N1CC(c2ccc(O)cc2)Cc2ccc(O)cc21. The Labute approximate surface area is 123 Å². The molecule has 0 saturated carbocycles. The van der Waals surface area contributed by atoms with Crippen LogP contribution in [0.15, 0.2) is 42.5 Å². The van der Waals surface area contributed by atoms with E-state index in [1.54, 1.807) is 29.2 Å². The summed E-state index contributed by atoms with van der Waals surface area (Å²) in [5.41, 5.74) is 2.93. The molecule has 2 aromatic carbocycles. The molecule has 1 aliphatic heterocycles. The van der Waals surface area contributed by atoms with Crippen molar-refractivity contribution in [1.82, 2.24) is 0 Å². The Morgan fingerprint density at radius 3 is 2.43 bits per heavy atom. The Morgan fingerprint density at radius 2 is 1.76 bits per heavy atom. The van der Waals surface area contributed by atoms with E-state index in [0.29, 0.717) is 6.54 Å². The van der Waals surface area contributed by atoms with E-state index in [0.717, 1.165) is 23.2 Å². The van der Waals surface area contributed by atoms with Crippen molar-refractivity contribution in [3.05, 3.63) is 53.6 Å². The van der Waals surface area contributed by atoms with Crippen LogP contribution in [0.2, 0.25) is 0 Å². The fourth-order valence-corrected chi connectivity index (χ4v) is 2.89. The fraction of sp³-hybridized carbons (Fsp3) is 0.235. The molecule has 108 valence electrons. The lowest BCUT2D eigenvalue weighted by molar-refractivity contribution is -0.116. The molecule has 1 aliphatic rings. The summed E-state index contributed by atoms with van der Waals surface area (Å²) in [4.78, 5) is 13.6. The Morgan fingerprint density at radius 1 is 1.10 bits per heavy atom. The Balaban J connectivity index is 1.99. The van der Waals surface area contributed by atoms with Gasteiger partial charge in [0, 0.05) is 25.5 Å². The van der Waals surface area contributed by atoms with Gasteiger partial charge < -0.3 is 15.1 Å². The maximum atomic E-state index is 11.9. The van der Waals surface area contributed by atoms with Crippen molar-refractivity contribution >= 4 is 11.6 Å². The zero-order valence-electron chi connectivity index (χ0n) is 11.8. The number of fused-ring (bicyclic) bond motifs is 1. The number of hydrogen-bond donors (Lipinski definition) is 2. The molecule has 0 spiro atoms. The average molecular weight is 283 g/mol. The molecule has 0 saturated heterocycles. The van der Waals surface area contributed by atoms with E-state index in [-0.39, 0.29) is 23.3 Å². The van der Waals surface area contributed by atoms with E-state index in [1.807, 2.05) is 18.2 Å². The number of nitrogens with zero attached hydrogens (tertiary/aromatic N) is 1. The number of carbonyl (C=O) groups is 1. The monoisotopic (exact) mass is 283 g/mol. The van der Waals surface area contributed by atoms with Crippen LogP contribution in [0.5, 0.6) is 11.5 Å². The Bertz CT molecular complexity index is 679. The van der Waals surface area contributed by atoms with Gasteiger partial charge in [0.15, 0.2) is 0 Å². The number of benzene rings is 2. The molecule has 1 atom stereocenters. The molecular weight excluding hydrogens is 266 g/mol. The number of anilines is 1. The van der Waals surface area contributed by atoms with Crippen LogP contribution in [-0.4, -0.2) is 22.7 Å². The van der Waals surface area contributed by atoms with Crippen LogP contribution in [0, 0.1) is 0 Å². The van der Waals surface area contributed by atoms with Crippen LogP contribution in [0.1, 0.15) is 24.0 Å². The van der Waals surface area contributed by atoms with Gasteiger partial charge >= 0.3 is 0 Å². The first-order valence-corrected chi connectivity index (χ1v) is 6.93. The van der Waals surface area contributed by atoms with Gasteiger partial charge in [-0.1, -0.05) is 18.2 Å². The van der Waals surface area contributed by atoms with Crippen molar-refractivity contribution in [1.29, 1.82) is 0 Å². The van der Waals surface area contributed by atoms with Gasteiger partial charge in [0.05, 0.1) is 5.69 Å². The second kappa shape index (κ2) is 5.13. The van der Waals surface area contributed by atoms with Crippen LogP contribution in [0.25, 0.3) is 0 Å². The fourth-order valence-electron chi connectivity index (χ4n) is 2.89. The highest BCUT2D eigenvalue weighted by atomic mass is 16.3. The standard InChI is InChI=1S/C17H17NO3/c1-11(19)18-10-14(12-2-5-15(20)6-3-12)8-13-4-7-16(21)9-17(13)18/h2-7,9,14,20-21H,8,10H2,1H3. The molecule has 21 heavy (non-hydrogen) atoms. The lowest BCUT2D eigenvalue weighted by Gasteiger charge is -2.34. The van der Waals surface area contributed by atoms with E-state index in [2.05, 4.69) is 0 Å².